The van der Waals surface area contributed by atoms with E-state index in [1.807, 2.05) is 6.92 Å². The Bertz CT molecular complexity index is 123. The van der Waals surface area contributed by atoms with Gasteiger partial charge in [0.25, 0.3) is 0 Å². The van der Waals surface area contributed by atoms with E-state index in [0.29, 0.717) is 6.42 Å². The molecule has 0 amide bonds. The van der Waals surface area contributed by atoms with Crippen molar-refractivity contribution in [1.29, 1.82) is 0 Å². The zero-order valence-corrected chi connectivity index (χ0v) is 7.02. The molecule has 0 radical (unpaired) electrons. The maximum atomic E-state index is 11.7. The molecule has 0 unspecified atom stereocenters. The molecule has 0 spiro atoms. The molecular weight excluding hydrogens is 145 g/mol. The summed E-state index contributed by atoms with van der Waals surface area (Å²) in [7, 11) is 0. The number of halogens is 1. The van der Waals surface area contributed by atoms with E-state index in [0.717, 1.165) is 26.1 Å². The van der Waals surface area contributed by atoms with Crippen LogP contribution in [0, 0.1) is 0 Å². The fraction of sp³-hybridized carbons (Fsp3) is 1.00. The van der Waals surface area contributed by atoms with Crippen LogP contribution in [0.4, 0.5) is 4.39 Å². The molecule has 3 heteroatoms. The number of alkyl halides is 1. The van der Waals surface area contributed by atoms with Crippen LogP contribution < -0.4 is 0 Å². The van der Waals surface area contributed by atoms with Crippen LogP contribution >= 0.6 is 0 Å². The lowest BCUT2D eigenvalue weighted by atomic mass is 9.91. The third-order valence-corrected chi connectivity index (χ3v) is 2.30. The molecule has 0 aromatic rings. The Labute approximate surface area is 67.0 Å². The Morgan fingerprint density at radius 3 is 2.64 bits per heavy atom. The van der Waals surface area contributed by atoms with Crippen LogP contribution in [0.3, 0.4) is 0 Å². The highest BCUT2D eigenvalue weighted by atomic mass is 19.1. The topological polar surface area (TPSA) is 23.5 Å². The molecule has 0 bridgehead atoms. The van der Waals surface area contributed by atoms with Crippen molar-refractivity contribution in [3.05, 3.63) is 0 Å². The Hall–Kier alpha value is -0.150. The molecule has 1 N–H and O–H groups in total. The molecule has 1 fully saturated rings. The lowest BCUT2D eigenvalue weighted by Gasteiger charge is -2.46. The van der Waals surface area contributed by atoms with Crippen molar-refractivity contribution >= 4 is 0 Å². The van der Waals surface area contributed by atoms with Crippen LogP contribution in [0.15, 0.2) is 0 Å². The number of nitrogens with zero attached hydrogens (tertiary/aromatic N) is 1. The summed E-state index contributed by atoms with van der Waals surface area (Å²) in [6.45, 7) is 3.97. The highest BCUT2D eigenvalue weighted by Gasteiger charge is 2.38. The monoisotopic (exact) mass is 161 g/mol. The van der Waals surface area contributed by atoms with Crippen molar-refractivity contribution in [1.82, 2.24) is 4.90 Å². The first-order valence-corrected chi connectivity index (χ1v) is 4.21. The van der Waals surface area contributed by atoms with Gasteiger partial charge in [0.15, 0.2) is 0 Å². The van der Waals surface area contributed by atoms with Crippen LogP contribution in [0.2, 0.25) is 0 Å². The van der Waals surface area contributed by atoms with Gasteiger partial charge in [0.2, 0.25) is 0 Å². The van der Waals surface area contributed by atoms with Gasteiger partial charge < -0.3 is 5.11 Å². The van der Waals surface area contributed by atoms with Gasteiger partial charge in [0.1, 0.15) is 0 Å². The SMILES string of the molecule is CCC1(O)CN(CCCF)C1. The molecule has 2 nitrogen and oxygen atoms in total. The first-order valence-electron chi connectivity index (χ1n) is 4.21. The summed E-state index contributed by atoms with van der Waals surface area (Å²) in [5.41, 5.74) is -0.462. The number of hydrogen-bond acceptors (Lipinski definition) is 2. The summed E-state index contributed by atoms with van der Waals surface area (Å²) in [5.74, 6) is 0. The molecule has 0 aliphatic carbocycles. The Balaban J connectivity index is 2.08. The van der Waals surface area contributed by atoms with Crippen LogP contribution in [-0.2, 0) is 0 Å². The highest BCUT2D eigenvalue weighted by molar-refractivity contribution is 4.93. The van der Waals surface area contributed by atoms with Gasteiger partial charge in [-0.25, -0.2) is 0 Å². The molecule has 1 heterocycles. The van der Waals surface area contributed by atoms with Gasteiger partial charge in [-0.15, -0.1) is 0 Å². The van der Waals surface area contributed by atoms with E-state index >= 15 is 0 Å². The van der Waals surface area contributed by atoms with E-state index in [1.54, 1.807) is 0 Å². The van der Waals surface area contributed by atoms with Gasteiger partial charge in [-0.2, -0.15) is 0 Å². The minimum atomic E-state index is -0.462. The van der Waals surface area contributed by atoms with E-state index in [9.17, 15) is 9.50 Å². The third-order valence-electron chi connectivity index (χ3n) is 2.30. The van der Waals surface area contributed by atoms with Gasteiger partial charge in [0, 0.05) is 19.6 Å². The summed E-state index contributed by atoms with van der Waals surface area (Å²) >= 11 is 0. The molecule has 1 aliphatic heterocycles. The molecule has 66 valence electrons. The van der Waals surface area contributed by atoms with Crippen LogP contribution in [0.5, 0.6) is 0 Å². The van der Waals surface area contributed by atoms with E-state index in [-0.39, 0.29) is 6.67 Å². The Morgan fingerprint density at radius 2 is 2.18 bits per heavy atom. The van der Waals surface area contributed by atoms with Crippen LogP contribution in [0.25, 0.3) is 0 Å². The highest BCUT2D eigenvalue weighted by Crippen LogP contribution is 2.23. The van der Waals surface area contributed by atoms with E-state index < -0.39 is 5.60 Å². The molecular formula is C8H16FNO. The molecule has 11 heavy (non-hydrogen) atoms. The number of likely N-dealkylation sites (tertiary alicyclic amines) is 1. The lowest BCUT2D eigenvalue weighted by molar-refractivity contribution is -0.0996. The Morgan fingerprint density at radius 1 is 1.55 bits per heavy atom. The maximum absolute atomic E-state index is 11.7. The largest absolute Gasteiger partial charge is 0.387 e. The van der Waals surface area contributed by atoms with Crippen molar-refractivity contribution in [3.63, 3.8) is 0 Å². The summed E-state index contributed by atoms with van der Waals surface area (Å²) < 4.78 is 11.7. The van der Waals surface area contributed by atoms with Gasteiger partial charge >= 0.3 is 0 Å². The van der Waals surface area contributed by atoms with Crippen molar-refractivity contribution in [2.75, 3.05) is 26.3 Å². The average molecular weight is 161 g/mol. The second-order valence-electron chi connectivity index (χ2n) is 3.33. The lowest BCUT2D eigenvalue weighted by Crippen LogP contribution is -2.61. The summed E-state index contributed by atoms with van der Waals surface area (Å²) in [6, 6.07) is 0. The fourth-order valence-corrected chi connectivity index (χ4v) is 1.45. The molecule has 1 aliphatic rings. The molecule has 1 saturated heterocycles. The van der Waals surface area contributed by atoms with E-state index in [1.165, 1.54) is 0 Å². The van der Waals surface area contributed by atoms with Crippen LogP contribution in [-0.4, -0.2) is 41.9 Å². The predicted octanol–water partition coefficient (Wildman–Crippen LogP) is 0.803. The fourth-order valence-electron chi connectivity index (χ4n) is 1.45. The number of aliphatic hydroxyl groups is 1. The zero-order valence-electron chi connectivity index (χ0n) is 7.02. The second-order valence-corrected chi connectivity index (χ2v) is 3.33. The molecule has 0 aromatic heterocycles. The van der Waals surface area contributed by atoms with Crippen molar-refractivity contribution in [2.24, 2.45) is 0 Å². The summed E-state index contributed by atoms with van der Waals surface area (Å²) in [4.78, 5) is 2.09. The minimum absolute atomic E-state index is 0.249. The van der Waals surface area contributed by atoms with Crippen molar-refractivity contribution in [2.45, 2.75) is 25.4 Å². The molecule has 0 aromatic carbocycles. The average Bonchev–Trinajstić information content (AvgIpc) is 1.96. The van der Waals surface area contributed by atoms with Gasteiger partial charge in [0.05, 0.1) is 12.3 Å². The van der Waals surface area contributed by atoms with E-state index in [4.69, 9.17) is 0 Å². The zero-order chi connectivity index (χ0) is 8.32. The van der Waals surface area contributed by atoms with Crippen molar-refractivity contribution in [3.8, 4) is 0 Å². The Kier molecular flexibility index (Phi) is 2.84. The first kappa shape index (κ1) is 8.94. The molecule has 1 rings (SSSR count). The molecule has 0 saturated carbocycles. The molecule has 0 atom stereocenters. The minimum Gasteiger partial charge on any atom is -0.387 e. The van der Waals surface area contributed by atoms with Gasteiger partial charge in [-0.1, -0.05) is 6.92 Å². The predicted molar refractivity (Wildman–Crippen MR) is 42.3 cm³/mol. The number of β-amino-alcohol motifs (C(OH)–C–C–N with tert-alkyl or cyclic N) is 1. The number of rotatable bonds is 4. The second kappa shape index (κ2) is 3.50. The smallest absolute Gasteiger partial charge is 0.0906 e. The van der Waals surface area contributed by atoms with E-state index in [2.05, 4.69) is 4.90 Å². The quantitative estimate of drug-likeness (QED) is 0.659. The first-order chi connectivity index (χ1) is 5.20. The number of hydrogen-bond donors (Lipinski definition) is 1. The van der Waals surface area contributed by atoms with Crippen LogP contribution in [0.1, 0.15) is 19.8 Å². The van der Waals surface area contributed by atoms with Gasteiger partial charge in [-0.05, 0) is 12.8 Å². The maximum Gasteiger partial charge on any atom is 0.0906 e. The third kappa shape index (κ3) is 2.14. The summed E-state index contributed by atoms with van der Waals surface area (Å²) in [6.07, 6.45) is 1.40. The van der Waals surface area contributed by atoms with Gasteiger partial charge in [-0.3, -0.25) is 9.29 Å². The normalized spacial score (nSPS) is 23.2. The summed E-state index contributed by atoms with van der Waals surface area (Å²) in [5, 5.41) is 9.55. The standard InChI is InChI=1S/C8H16FNO/c1-2-8(11)6-10(7-8)5-3-4-9/h11H,2-7H2,1H3. The van der Waals surface area contributed by atoms with Crippen molar-refractivity contribution < 1.29 is 9.50 Å².